The van der Waals surface area contributed by atoms with Gasteiger partial charge >= 0.3 is 11.9 Å². The number of aryl methyl sites for hydroxylation is 1. The molecule has 31 heavy (non-hydrogen) atoms. The van der Waals surface area contributed by atoms with Crippen molar-refractivity contribution in [2.75, 3.05) is 6.61 Å². The van der Waals surface area contributed by atoms with Crippen molar-refractivity contribution in [3.05, 3.63) is 42.0 Å². The van der Waals surface area contributed by atoms with Crippen LogP contribution in [0, 0.1) is 6.92 Å². The summed E-state index contributed by atoms with van der Waals surface area (Å²) in [5.74, 6) is -0.884. The van der Waals surface area contributed by atoms with Gasteiger partial charge in [-0.05, 0) is 39.3 Å². The Morgan fingerprint density at radius 3 is 2.55 bits per heavy atom. The van der Waals surface area contributed by atoms with Gasteiger partial charge in [0.1, 0.15) is 5.69 Å². The van der Waals surface area contributed by atoms with E-state index in [9.17, 15) is 13.2 Å². The van der Waals surface area contributed by atoms with Crippen molar-refractivity contribution in [2.45, 2.75) is 50.7 Å². The second-order valence-corrected chi connectivity index (χ2v) is 9.71. The summed E-state index contributed by atoms with van der Waals surface area (Å²) in [4.78, 5) is 21.1. The molecule has 0 aliphatic heterocycles. The minimum atomic E-state index is -3.36. The predicted molar refractivity (Wildman–Crippen MR) is 115 cm³/mol. The molecule has 0 saturated carbocycles. The Labute approximate surface area is 182 Å². The van der Waals surface area contributed by atoms with Gasteiger partial charge < -0.3 is 9.15 Å². The standard InChI is InChI=1S/C21H24N4O5S.H2/c1-5-6-11-29-21(26)20-25-24-19(30-20)18-14(4)22-12-17(23-18)15-7-9-16(10-8-15)31(27,28)13(2)3;/h7-10,12-13H,5-6,11H2,1-4H3;1H. The normalized spacial score (nSPS) is 11.6. The Morgan fingerprint density at radius 2 is 1.90 bits per heavy atom. The summed E-state index contributed by atoms with van der Waals surface area (Å²) >= 11 is 0. The molecule has 10 heteroatoms. The van der Waals surface area contributed by atoms with E-state index in [0.717, 1.165) is 12.8 Å². The summed E-state index contributed by atoms with van der Waals surface area (Å²) in [6, 6.07) is 6.43. The fraction of sp³-hybridized carbons (Fsp3) is 0.381. The Balaban J connectivity index is 0.00000363. The van der Waals surface area contributed by atoms with Crippen molar-refractivity contribution in [2.24, 2.45) is 0 Å². The first kappa shape index (κ1) is 22.5. The highest BCUT2D eigenvalue weighted by Gasteiger charge is 2.21. The molecule has 3 rings (SSSR count). The van der Waals surface area contributed by atoms with Gasteiger partial charge in [-0.15, -0.1) is 10.2 Å². The number of esters is 1. The van der Waals surface area contributed by atoms with E-state index in [-0.39, 0.29) is 24.7 Å². The van der Waals surface area contributed by atoms with Gasteiger partial charge in [0, 0.05) is 6.99 Å². The van der Waals surface area contributed by atoms with Gasteiger partial charge in [0.2, 0.25) is 0 Å². The highest BCUT2D eigenvalue weighted by atomic mass is 32.2. The maximum Gasteiger partial charge on any atom is 0.396 e. The monoisotopic (exact) mass is 446 g/mol. The number of aromatic nitrogens is 4. The van der Waals surface area contributed by atoms with Gasteiger partial charge in [-0.2, -0.15) is 0 Å². The van der Waals surface area contributed by atoms with Crippen molar-refractivity contribution in [1.29, 1.82) is 0 Å². The number of hydrogen-bond donors (Lipinski definition) is 0. The molecule has 0 amide bonds. The number of rotatable bonds is 8. The molecule has 0 N–H and O–H groups in total. The van der Waals surface area contributed by atoms with E-state index in [1.807, 2.05) is 6.92 Å². The predicted octanol–water partition coefficient (Wildman–Crippen LogP) is 3.89. The van der Waals surface area contributed by atoms with Crippen LogP contribution in [0.2, 0.25) is 0 Å². The third-order valence-electron chi connectivity index (χ3n) is 4.59. The molecule has 0 saturated heterocycles. The zero-order valence-corrected chi connectivity index (χ0v) is 18.6. The molecule has 0 bridgehead atoms. The summed E-state index contributed by atoms with van der Waals surface area (Å²) in [5, 5.41) is 7.13. The molecule has 0 radical (unpaired) electrons. The van der Waals surface area contributed by atoms with E-state index >= 15 is 0 Å². The molecule has 0 fully saturated rings. The van der Waals surface area contributed by atoms with Crippen LogP contribution < -0.4 is 0 Å². The maximum atomic E-state index is 12.3. The molecular weight excluding hydrogens is 420 g/mol. The number of carbonyl (C=O) groups excluding carboxylic acids is 1. The van der Waals surface area contributed by atoms with E-state index in [1.165, 1.54) is 0 Å². The van der Waals surface area contributed by atoms with E-state index in [1.54, 1.807) is 51.2 Å². The second kappa shape index (κ2) is 9.34. The molecule has 1 aromatic carbocycles. The molecule has 2 heterocycles. The minimum absolute atomic E-state index is 0. The first-order chi connectivity index (χ1) is 14.7. The number of hydrogen-bond acceptors (Lipinski definition) is 9. The smallest absolute Gasteiger partial charge is 0.396 e. The molecule has 2 aromatic heterocycles. The van der Waals surface area contributed by atoms with Crippen LogP contribution in [0.1, 0.15) is 51.4 Å². The summed E-state index contributed by atoms with van der Waals surface area (Å²) < 4.78 is 35.1. The lowest BCUT2D eigenvalue weighted by atomic mass is 10.1. The van der Waals surface area contributed by atoms with Crippen molar-refractivity contribution in [3.63, 3.8) is 0 Å². The Bertz CT molecular complexity index is 1180. The summed E-state index contributed by atoms with van der Waals surface area (Å²) in [7, 11) is -3.36. The lowest BCUT2D eigenvalue weighted by Gasteiger charge is -2.09. The van der Waals surface area contributed by atoms with E-state index in [4.69, 9.17) is 9.15 Å². The van der Waals surface area contributed by atoms with Crippen molar-refractivity contribution in [3.8, 4) is 22.8 Å². The zero-order chi connectivity index (χ0) is 22.6. The zero-order valence-electron chi connectivity index (χ0n) is 17.8. The second-order valence-electron chi connectivity index (χ2n) is 7.21. The van der Waals surface area contributed by atoms with Crippen molar-refractivity contribution < 1.29 is 23.8 Å². The van der Waals surface area contributed by atoms with Crippen LogP contribution in [0.3, 0.4) is 0 Å². The van der Waals surface area contributed by atoms with Gasteiger partial charge in [0.25, 0.3) is 5.89 Å². The van der Waals surface area contributed by atoms with Gasteiger partial charge in [0.15, 0.2) is 9.84 Å². The molecular formula is C21H26N4O5S. The van der Waals surface area contributed by atoms with Gasteiger partial charge in [-0.3, -0.25) is 4.98 Å². The number of ether oxygens (including phenoxy) is 1. The van der Waals surface area contributed by atoms with Crippen LogP contribution in [0.4, 0.5) is 0 Å². The highest BCUT2D eigenvalue weighted by Crippen LogP contribution is 2.25. The van der Waals surface area contributed by atoms with E-state index in [2.05, 4.69) is 20.2 Å². The Morgan fingerprint density at radius 1 is 1.19 bits per heavy atom. The molecule has 3 aromatic rings. The first-order valence-electron chi connectivity index (χ1n) is 9.93. The Hall–Kier alpha value is -3.14. The molecule has 0 aliphatic rings. The van der Waals surface area contributed by atoms with E-state index < -0.39 is 21.1 Å². The number of benzene rings is 1. The van der Waals surface area contributed by atoms with Crippen molar-refractivity contribution in [1.82, 2.24) is 20.2 Å². The van der Waals surface area contributed by atoms with Gasteiger partial charge in [-0.25, -0.2) is 18.2 Å². The molecule has 0 unspecified atom stereocenters. The Kier molecular flexibility index (Phi) is 6.79. The quantitative estimate of drug-likeness (QED) is 0.374. The summed E-state index contributed by atoms with van der Waals surface area (Å²) in [6.45, 7) is 7.28. The fourth-order valence-electron chi connectivity index (χ4n) is 2.65. The minimum Gasteiger partial charge on any atom is -0.459 e. The average molecular weight is 447 g/mol. The number of nitrogens with zero attached hydrogens (tertiary/aromatic N) is 4. The third kappa shape index (κ3) is 4.96. The van der Waals surface area contributed by atoms with Crippen LogP contribution in [0.5, 0.6) is 0 Å². The SMILES string of the molecule is CCCCOC(=O)c1nnc(-c2nc(-c3ccc(S(=O)(=O)C(C)C)cc3)cnc2C)o1.[HH]. The summed E-state index contributed by atoms with van der Waals surface area (Å²) in [5.41, 5.74) is 2.04. The highest BCUT2D eigenvalue weighted by molar-refractivity contribution is 7.92. The van der Waals surface area contributed by atoms with Crippen LogP contribution in [-0.4, -0.2) is 46.4 Å². The van der Waals surface area contributed by atoms with Crippen LogP contribution in [-0.2, 0) is 14.6 Å². The maximum absolute atomic E-state index is 12.3. The molecule has 9 nitrogen and oxygen atoms in total. The topological polar surface area (TPSA) is 125 Å². The molecule has 0 spiro atoms. The molecule has 166 valence electrons. The van der Waals surface area contributed by atoms with E-state index in [0.29, 0.717) is 22.6 Å². The number of carbonyl (C=O) groups is 1. The largest absolute Gasteiger partial charge is 0.459 e. The van der Waals surface area contributed by atoms with Crippen molar-refractivity contribution >= 4 is 15.8 Å². The third-order valence-corrected chi connectivity index (χ3v) is 6.76. The molecule has 0 atom stereocenters. The van der Waals surface area contributed by atoms with Crippen LogP contribution >= 0.6 is 0 Å². The number of sulfone groups is 1. The lowest BCUT2D eigenvalue weighted by Crippen LogP contribution is -2.13. The van der Waals surface area contributed by atoms with Gasteiger partial charge in [-0.1, -0.05) is 25.5 Å². The lowest BCUT2D eigenvalue weighted by molar-refractivity contribution is 0.0455. The van der Waals surface area contributed by atoms with Crippen LogP contribution in [0.15, 0.2) is 39.8 Å². The van der Waals surface area contributed by atoms with Crippen LogP contribution in [0.25, 0.3) is 22.8 Å². The molecule has 0 aliphatic carbocycles. The number of unbranched alkanes of at least 4 members (excludes halogenated alkanes) is 1. The fourth-order valence-corrected chi connectivity index (χ4v) is 3.71. The van der Waals surface area contributed by atoms with Gasteiger partial charge in [0.05, 0.1) is 34.3 Å². The summed E-state index contributed by atoms with van der Waals surface area (Å²) in [6.07, 6.45) is 3.21. The first-order valence-corrected chi connectivity index (χ1v) is 11.5. The average Bonchev–Trinajstić information content (AvgIpc) is 3.24.